The first kappa shape index (κ1) is 14.8. The van der Waals surface area contributed by atoms with Crippen molar-refractivity contribution in [2.24, 2.45) is 0 Å². The van der Waals surface area contributed by atoms with Gasteiger partial charge in [0.25, 0.3) is 0 Å². The van der Waals surface area contributed by atoms with E-state index in [0.717, 1.165) is 0 Å². The quantitative estimate of drug-likeness (QED) is 0.725. The molecule has 0 saturated carbocycles. The van der Waals surface area contributed by atoms with Crippen LogP contribution < -0.4 is 0 Å². The van der Waals surface area contributed by atoms with Crippen molar-refractivity contribution in [3.63, 3.8) is 0 Å². The Balaban J connectivity index is 3.40. The Labute approximate surface area is 101 Å². The summed E-state index contributed by atoms with van der Waals surface area (Å²) in [6, 6.07) is 0.655. The van der Waals surface area contributed by atoms with E-state index < -0.39 is 23.2 Å². The largest absolute Gasteiger partial charge is 0.459 e. The van der Waals surface area contributed by atoms with Crippen LogP contribution in [0.4, 0.5) is 22.0 Å². The topological polar surface area (TPSA) is 25.8 Å². The van der Waals surface area contributed by atoms with E-state index >= 15 is 0 Å². The van der Waals surface area contributed by atoms with Crippen molar-refractivity contribution in [2.45, 2.75) is 45.2 Å². The molecule has 0 unspecified atom stereocenters. The number of hydrogen-bond acceptors (Lipinski definition) is 2. The van der Waals surface area contributed by atoms with Crippen molar-refractivity contribution in [3.8, 4) is 0 Å². The van der Waals surface area contributed by atoms with Crippen LogP contribution in [0.5, 0.6) is 0 Å². The van der Waals surface area contributed by atoms with Crippen molar-refractivity contribution in [1.29, 1.82) is 0 Å². The van der Waals surface area contributed by atoms with Gasteiger partial charge in [-0.1, -0.05) is 20.8 Å². The number of halogens is 5. The van der Waals surface area contributed by atoms with Crippen molar-refractivity contribution < 1.29 is 22.0 Å². The van der Waals surface area contributed by atoms with Crippen LogP contribution in [0.15, 0.2) is 6.07 Å². The minimum absolute atomic E-state index is 0.0403. The van der Waals surface area contributed by atoms with Crippen molar-refractivity contribution >= 4 is 0 Å². The van der Waals surface area contributed by atoms with E-state index in [1.807, 2.05) is 0 Å². The molecule has 102 valence electrons. The standard InChI is InChI=1S/C11H13F5N2/c1-6-5-7(10(12,13)11(14,15)16)18-8(17-6)9(2,3)4/h5H,1-4H3. The Hall–Kier alpha value is -1.27. The van der Waals surface area contributed by atoms with E-state index in [4.69, 9.17) is 0 Å². The molecule has 0 saturated heterocycles. The summed E-state index contributed by atoms with van der Waals surface area (Å²) in [5, 5.41) is 0. The monoisotopic (exact) mass is 268 g/mol. The highest BCUT2D eigenvalue weighted by atomic mass is 19.4. The predicted molar refractivity (Wildman–Crippen MR) is 55.4 cm³/mol. The molecule has 0 bridgehead atoms. The Morgan fingerprint density at radius 1 is 0.944 bits per heavy atom. The highest BCUT2D eigenvalue weighted by molar-refractivity contribution is 5.19. The molecule has 0 fully saturated rings. The third-order valence-corrected chi connectivity index (χ3v) is 2.20. The molecule has 18 heavy (non-hydrogen) atoms. The maximum Gasteiger partial charge on any atom is 0.459 e. The molecule has 2 nitrogen and oxygen atoms in total. The lowest BCUT2D eigenvalue weighted by molar-refractivity contribution is -0.291. The van der Waals surface area contributed by atoms with Gasteiger partial charge in [-0.15, -0.1) is 0 Å². The Morgan fingerprint density at radius 2 is 1.44 bits per heavy atom. The molecule has 0 atom stereocenters. The van der Waals surface area contributed by atoms with Crippen molar-refractivity contribution in [2.75, 3.05) is 0 Å². The first-order valence-corrected chi connectivity index (χ1v) is 5.17. The fourth-order valence-corrected chi connectivity index (χ4v) is 1.21. The molecule has 0 aromatic carbocycles. The SMILES string of the molecule is Cc1cc(C(F)(F)C(F)(F)F)nc(C(C)(C)C)n1. The third kappa shape index (κ3) is 2.76. The zero-order valence-electron chi connectivity index (χ0n) is 10.4. The molecule has 0 amide bonds. The molecule has 0 aliphatic heterocycles. The summed E-state index contributed by atoms with van der Waals surface area (Å²) in [6.45, 7) is 6.26. The lowest BCUT2D eigenvalue weighted by Crippen LogP contribution is -2.35. The second-order valence-corrected chi connectivity index (χ2v) is 5.04. The second-order valence-electron chi connectivity index (χ2n) is 5.04. The van der Waals surface area contributed by atoms with Crippen molar-refractivity contribution in [1.82, 2.24) is 9.97 Å². The van der Waals surface area contributed by atoms with Crippen molar-refractivity contribution in [3.05, 3.63) is 23.3 Å². The maximum atomic E-state index is 13.2. The van der Waals surface area contributed by atoms with Gasteiger partial charge in [-0.2, -0.15) is 22.0 Å². The van der Waals surface area contributed by atoms with Crippen LogP contribution in [-0.4, -0.2) is 16.1 Å². The van der Waals surface area contributed by atoms with Gasteiger partial charge in [0.05, 0.1) is 0 Å². The Kier molecular flexibility index (Phi) is 3.40. The fraction of sp³-hybridized carbons (Fsp3) is 0.636. The molecule has 1 heterocycles. The van der Waals surface area contributed by atoms with Crippen LogP contribution in [0, 0.1) is 6.92 Å². The third-order valence-electron chi connectivity index (χ3n) is 2.20. The van der Waals surface area contributed by atoms with Gasteiger partial charge in [0.15, 0.2) is 0 Å². The average molecular weight is 268 g/mol. The molecule has 0 radical (unpaired) electrons. The van der Waals surface area contributed by atoms with Gasteiger partial charge in [-0.3, -0.25) is 0 Å². The van der Waals surface area contributed by atoms with Gasteiger partial charge in [-0.25, -0.2) is 9.97 Å². The number of hydrogen-bond donors (Lipinski definition) is 0. The Morgan fingerprint density at radius 3 is 1.83 bits per heavy atom. The summed E-state index contributed by atoms with van der Waals surface area (Å²) < 4.78 is 63.2. The minimum atomic E-state index is -5.66. The summed E-state index contributed by atoms with van der Waals surface area (Å²) in [4.78, 5) is 7.25. The smallest absolute Gasteiger partial charge is 0.238 e. The van der Waals surface area contributed by atoms with E-state index in [9.17, 15) is 22.0 Å². The number of nitrogens with zero attached hydrogens (tertiary/aromatic N) is 2. The van der Waals surface area contributed by atoms with E-state index in [0.29, 0.717) is 6.07 Å². The maximum absolute atomic E-state index is 13.2. The second kappa shape index (κ2) is 4.13. The minimum Gasteiger partial charge on any atom is -0.238 e. The summed E-state index contributed by atoms with van der Waals surface area (Å²) in [5.41, 5.74) is -1.94. The summed E-state index contributed by atoms with van der Waals surface area (Å²) >= 11 is 0. The van der Waals surface area contributed by atoms with E-state index in [2.05, 4.69) is 9.97 Å². The van der Waals surface area contributed by atoms with Crippen LogP contribution in [0.3, 0.4) is 0 Å². The average Bonchev–Trinajstić information content (AvgIpc) is 2.13. The van der Waals surface area contributed by atoms with Gasteiger partial charge in [0.1, 0.15) is 11.5 Å². The zero-order valence-corrected chi connectivity index (χ0v) is 10.4. The van der Waals surface area contributed by atoms with Crippen LogP contribution in [0.2, 0.25) is 0 Å². The predicted octanol–water partition coefficient (Wildman–Crippen LogP) is 3.74. The van der Waals surface area contributed by atoms with Gasteiger partial charge in [0.2, 0.25) is 0 Å². The normalized spacial score (nSPS) is 13.8. The van der Waals surface area contributed by atoms with Gasteiger partial charge >= 0.3 is 12.1 Å². The van der Waals surface area contributed by atoms with Crippen LogP contribution in [0.1, 0.15) is 38.0 Å². The molecular formula is C11H13F5N2. The van der Waals surface area contributed by atoms with Gasteiger partial charge in [-0.05, 0) is 13.0 Å². The molecule has 7 heteroatoms. The first-order valence-electron chi connectivity index (χ1n) is 5.17. The first-order chi connectivity index (χ1) is 7.85. The van der Waals surface area contributed by atoms with Gasteiger partial charge < -0.3 is 0 Å². The van der Waals surface area contributed by atoms with Gasteiger partial charge in [0, 0.05) is 11.1 Å². The molecule has 1 aromatic rings. The lowest BCUT2D eigenvalue weighted by Gasteiger charge is -2.22. The molecule has 0 aliphatic carbocycles. The molecule has 1 aromatic heterocycles. The summed E-state index contributed by atoms with van der Waals surface area (Å²) in [6.07, 6.45) is -5.66. The molecule has 0 aliphatic rings. The molecular weight excluding hydrogens is 255 g/mol. The van der Waals surface area contributed by atoms with Crippen LogP contribution >= 0.6 is 0 Å². The molecule has 0 N–H and O–H groups in total. The summed E-state index contributed by atoms with van der Waals surface area (Å²) in [7, 11) is 0. The highest BCUT2D eigenvalue weighted by Crippen LogP contribution is 2.43. The van der Waals surface area contributed by atoms with Crippen LogP contribution in [-0.2, 0) is 11.3 Å². The number of rotatable bonds is 1. The summed E-state index contributed by atoms with van der Waals surface area (Å²) in [5.74, 6) is -5.01. The number of alkyl halides is 5. The zero-order chi connectivity index (χ0) is 14.4. The Bertz CT molecular complexity index is 446. The highest BCUT2D eigenvalue weighted by Gasteiger charge is 2.60. The van der Waals surface area contributed by atoms with E-state index in [-0.39, 0.29) is 11.5 Å². The van der Waals surface area contributed by atoms with E-state index in [1.165, 1.54) is 6.92 Å². The van der Waals surface area contributed by atoms with Crippen LogP contribution in [0.25, 0.3) is 0 Å². The van der Waals surface area contributed by atoms with E-state index in [1.54, 1.807) is 20.8 Å². The molecule has 0 spiro atoms. The fourth-order valence-electron chi connectivity index (χ4n) is 1.21. The molecule has 1 rings (SSSR count). The number of aromatic nitrogens is 2. The number of aryl methyl sites for hydroxylation is 1. The lowest BCUT2D eigenvalue weighted by atomic mass is 9.95.